The van der Waals surface area contributed by atoms with Crippen LogP contribution in [-0.2, 0) is 0 Å². The number of para-hydroxylation sites is 1. The number of fused-ring (bicyclic) bond motifs is 6. The molecular weight excluding hydrogens is 719 g/mol. The molecule has 0 spiro atoms. The molecule has 296 valence electrons. The third-order valence-electron chi connectivity index (χ3n) is 8.21. The minimum atomic E-state index is 0.654. The number of hydrogen-bond acceptors (Lipinski definition) is 5. The summed E-state index contributed by atoms with van der Waals surface area (Å²) >= 11 is 3.55. The van der Waals surface area contributed by atoms with Crippen molar-refractivity contribution >= 4 is 70.1 Å². The molecule has 0 radical (unpaired) electrons. The number of nitrogens with two attached hydrogens (primary N) is 1. The van der Waals surface area contributed by atoms with Crippen LogP contribution < -0.4 is 16.4 Å². The molecule has 0 fully saturated rings. The van der Waals surface area contributed by atoms with Crippen LogP contribution in [0.1, 0.15) is 80.5 Å². The first-order valence-electron chi connectivity index (χ1n) is 19.6. The van der Waals surface area contributed by atoms with E-state index in [1.807, 2.05) is 127 Å². The maximum absolute atomic E-state index is 8.72. The van der Waals surface area contributed by atoms with E-state index in [9.17, 15) is 0 Å². The molecule has 0 aliphatic heterocycles. The summed E-state index contributed by atoms with van der Waals surface area (Å²) in [6, 6.07) is 34.3. The lowest BCUT2D eigenvalue weighted by Gasteiger charge is -2.06. The van der Waals surface area contributed by atoms with Gasteiger partial charge >= 0.3 is 0 Å². The molecule has 8 rings (SSSR count). The first kappa shape index (κ1) is 48.9. The molecule has 0 saturated heterocycles. The molecule has 0 bridgehead atoms. The SMILES string of the molecule is C=C/C=C\C.CC.CC.CC.Cc1cc2c(=N)c3c(C)c4c(c(C)c3c2s1)c(=N)c1cc(C)sc14.Cc1ccccc1.Cc1ccccc1.Nc1ccccc1. The number of benzene rings is 4. The summed E-state index contributed by atoms with van der Waals surface area (Å²) in [5.41, 5.74) is 11.2. The van der Waals surface area contributed by atoms with Crippen molar-refractivity contribution in [3.8, 4) is 0 Å². The molecule has 4 N–H and O–H groups in total. The van der Waals surface area contributed by atoms with Gasteiger partial charge in [-0.05, 0) is 83.9 Å². The highest BCUT2D eigenvalue weighted by Gasteiger charge is 2.22. The van der Waals surface area contributed by atoms with Crippen molar-refractivity contribution in [2.45, 2.75) is 90.0 Å². The van der Waals surface area contributed by atoms with Crippen LogP contribution in [0.25, 0.3) is 41.7 Å². The fourth-order valence-corrected chi connectivity index (χ4v) is 8.14. The van der Waals surface area contributed by atoms with Crippen LogP contribution in [0.15, 0.2) is 128 Å². The Bertz CT molecular complexity index is 2240. The molecule has 5 heteroatoms. The Labute approximate surface area is 345 Å². The van der Waals surface area contributed by atoms with E-state index in [-0.39, 0.29) is 0 Å². The van der Waals surface area contributed by atoms with Crippen molar-refractivity contribution in [2.24, 2.45) is 0 Å². The third kappa shape index (κ3) is 13.0. The molecule has 0 saturated carbocycles. The summed E-state index contributed by atoms with van der Waals surface area (Å²) in [6.07, 6.45) is 5.58. The van der Waals surface area contributed by atoms with Crippen molar-refractivity contribution in [3.05, 3.63) is 171 Å². The maximum Gasteiger partial charge on any atom is 0.0708 e. The predicted molar refractivity (Wildman–Crippen MR) is 258 cm³/mol. The lowest BCUT2D eigenvalue weighted by atomic mass is 9.98. The summed E-state index contributed by atoms with van der Waals surface area (Å²) in [6.45, 7) is 30.1. The zero-order valence-corrected chi connectivity index (χ0v) is 37.8. The van der Waals surface area contributed by atoms with Crippen LogP contribution in [-0.4, -0.2) is 0 Å². The number of allylic oxidation sites excluding steroid dienone is 3. The van der Waals surface area contributed by atoms with Gasteiger partial charge in [-0.3, -0.25) is 10.8 Å². The van der Waals surface area contributed by atoms with Crippen LogP contribution >= 0.6 is 22.7 Å². The van der Waals surface area contributed by atoms with Crippen molar-refractivity contribution in [3.63, 3.8) is 0 Å². The highest BCUT2D eigenvalue weighted by atomic mass is 32.1. The Morgan fingerprint density at radius 3 is 1.05 bits per heavy atom. The van der Waals surface area contributed by atoms with Gasteiger partial charge in [-0.1, -0.05) is 156 Å². The van der Waals surface area contributed by atoms with Gasteiger partial charge in [-0.15, -0.1) is 22.7 Å². The molecule has 3 nitrogen and oxygen atoms in total. The lowest BCUT2D eigenvalue weighted by molar-refractivity contribution is 1.33. The van der Waals surface area contributed by atoms with E-state index in [0.717, 1.165) is 27.2 Å². The van der Waals surface area contributed by atoms with E-state index in [1.165, 1.54) is 52.2 Å². The Morgan fingerprint density at radius 1 is 0.518 bits per heavy atom. The highest BCUT2D eigenvalue weighted by molar-refractivity contribution is 7.20. The van der Waals surface area contributed by atoms with Crippen LogP contribution in [0.3, 0.4) is 0 Å². The fraction of sp³-hybridized carbons (Fsp3) is 0.255. The first-order chi connectivity index (χ1) is 27.0. The number of hydrogen-bond donors (Lipinski definition) is 3. The molecule has 0 amide bonds. The van der Waals surface area contributed by atoms with Gasteiger partial charge in [0.2, 0.25) is 0 Å². The molecule has 56 heavy (non-hydrogen) atoms. The zero-order chi connectivity index (χ0) is 42.4. The standard InChI is InChI=1S/C20H16N2S2.2C7H8.C6H7N.C5H8.3C2H6/c1-7-5-11-17(21)13-10(4)16-14(9(3)15(13)19(11)23-7)18(22)12-6-8(2)24-20(12)16;2*1-7-5-3-2-4-6-7;7-6-4-2-1-3-5-6;1-3-5-4-2;3*1-2/h5-6,21-22H,1-4H3;2*2-6H,1H3;1-5H,7H2;3-5H,1H2,2H3;3*1-2H3/b;;;;5-4-;;;. The van der Waals surface area contributed by atoms with E-state index < -0.39 is 0 Å². The van der Waals surface area contributed by atoms with E-state index >= 15 is 0 Å². The normalized spacial score (nSPS) is 9.73. The second-order valence-corrected chi connectivity index (χ2v) is 14.7. The molecule has 0 unspecified atom stereocenters. The summed E-state index contributed by atoms with van der Waals surface area (Å²) in [5.74, 6) is 0. The molecule has 6 aromatic carbocycles. The fourth-order valence-electron chi connectivity index (χ4n) is 5.89. The van der Waals surface area contributed by atoms with Gasteiger partial charge in [0.1, 0.15) is 0 Å². The van der Waals surface area contributed by atoms with E-state index in [2.05, 4.69) is 84.5 Å². The van der Waals surface area contributed by atoms with E-state index in [1.54, 1.807) is 28.7 Å². The number of anilines is 1. The largest absolute Gasteiger partial charge is 0.399 e. The maximum atomic E-state index is 8.72. The monoisotopic (exact) mass is 783 g/mol. The van der Waals surface area contributed by atoms with Crippen molar-refractivity contribution in [1.82, 2.24) is 0 Å². The van der Waals surface area contributed by atoms with Crippen molar-refractivity contribution < 1.29 is 0 Å². The van der Waals surface area contributed by atoms with Crippen molar-refractivity contribution in [1.29, 1.82) is 10.8 Å². The van der Waals surface area contributed by atoms with Crippen LogP contribution in [0.5, 0.6) is 0 Å². The van der Waals surface area contributed by atoms with Gasteiger partial charge in [0.15, 0.2) is 0 Å². The Hall–Kier alpha value is -5.10. The zero-order valence-electron chi connectivity index (χ0n) is 36.1. The highest BCUT2D eigenvalue weighted by Crippen LogP contribution is 2.42. The van der Waals surface area contributed by atoms with Crippen molar-refractivity contribution in [2.75, 3.05) is 5.73 Å². The lowest BCUT2D eigenvalue weighted by Crippen LogP contribution is -2.00. The summed E-state index contributed by atoms with van der Waals surface area (Å²) in [5, 5.41) is 25.4. The topological polar surface area (TPSA) is 73.7 Å². The minimum Gasteiger partial charge on any atom is -0.399 e. The number of nitrogens with one attached hydrogen (secondary N) is 2. The number of nitrogen functional groups attached to an aromatic ring is 1. The Morgan fingerprint density at radius 2 is 0.839 bits per heavy atom. The molecule has 2 heterocycles. The molecule has 8 aromatic rings. The van der Waals surface area contributed by atoms with Crippen LogP contribution in [0, 0.1) is 52.4 Å². The second-order valence-electron chi connectivity index (χ2n) is 12.2. The molecule has 2 aromatic heterocycles. The average Bonchev–Trinajstić information content (AvgIpc) is 3.94. The molecule has 0 atom stereocenters. The quantitative estimate of drug-likeness (QED) is 0.113. The van der Waals surface area contributed by atoms with E-state index in [4.69, 9.17) is 16.6 Å². The summed E-state index contributed by atoms with van der Waals surface area (Å²) in [4.78, 5) is 2.50. The smallest absolute Gasteiger partial charge is 0.0708 e. The summed E-state index contributed by atoms with van der Waals surface area (Å²) in [7, 11) is 0. The van der Waals surface area contributed by atoms with Gasteiger partial charge < -0.3 is 5.73 Å². The molecule has 0 aliphatic carbocycles. The molecular formula is C51H65N3S2. The number of thiophene rings is 2. The van der Waals surface area contributed by atoms with Crippen LogP contribution in [0.2, 0.25) is 0 Å². The third-order valence-corrected chi connectivity index (χ3v) is 10.3. The Balaban J connectivity index is 0.000000403. The van der Waals surface area contributed by atoms with Gasteiger partial charge in [0.25, 0.3) is 0 Å². The first-order valence-corrected chi connectivity index (χ1v) is 21.3. The molecule has 0 aliphatic rings. The predicted octanol–water partition coefficient (Wildman–Crippen LogP) is 15.6. The van der Waals surface area contributed by atoms with Gasteiger partial charge in [-0.2, -0.15) is 0 Å². The van der Waals surface area contributed by atoms with Gasteiger partial charge in [0, 0.05) is 57.2 Å². The number of rotatable bonds is 1. The van der Waals surface area contributed by atoms with Gasteiger partial charge in [0.05, 0.1) is 10.7 Å². The second kappa shape index (κ2) is 25.9. The summed E-state index contributed by atoms with van der Waals surface area (Å²) < 4.78 is 2.44. The van der Waals surface area contributed by atoms with E-state index in [0.29, 0.717) is 10.7 Å². The Kier molecular flexibility index (Phi) is 22.6. The number of aryl methyl sites for hydroxylation is 6. The van der Waals surface area contributed by atoms with Crippen LogP contribution in [0.4, 0.5) is 5.69 Å². The average molecular weight is 784 g/mol. The minimum absolute atomic E-state index is 0.654. The van der Waals surface area contributed by atoms with Gasteiger partial charge in [-0.25, -0.2) is 0 Å².